The molecule has 0 N–H and O–H groups in total. The maximum Gasteiger partial charge on any atom is 0.143 e. The van der Waals surface area contributed by atoms with Gasteiger partial charge in [0.2, 0.25) is 0 Å². The molecule has 0 aliphatic heterocycles. The highest BCUT2D eigenvalue weighted by Crippen LogP contribution is 2.39. The van der Waals surface area contributed by atoms with Crippen LogP contribution in [0.5, 0.6) is 0 Å². The van der Waals surface area contributed by atoms with E-state index in [2.05, 4.69) is 26.8 Å². The minimum atomic E-state index is 0.180. The van der Waals surface area contributed by atoms with Crippen molar-refractivity contribution in [3.63, 3.8) is 0 Å². The minimum absolute atomic E-state index is 0.180. The first-order chi connectivity index (χ1) is 5.58. The monoisotopic (exact) mass is 164 g/mol. The van der Waals surface area contributed by atoms with Crippen molar-refractivity contribution in [2.24, 2.45) is 5.41 Å². The molecule has 0 aromatic rings. The lowest BCUT2D eigenvalue weighted by atomic mass is 9.73. The highest BCUT2D eigenvalue weighted by atomic mass is 16.1. The summed E-state index contributed by atoms with van der Waals surface area (Å²) >= 11 is 0. The van der Waals surface area contributed by atoms with Crippen molar-refractivity contribution in [1.82, 2.24) is 0 Å². The van der Waals surface area contributed by atoms with Gasteiger partial charge in [-0.15, -0.1) is 0 Å². The number of carbonyl (C=O) groups is 1. The molecule has 0 fully saturated rings. The summed E-state index contributed by atoms with van der Waals surface area (Å²) in [6.07, 6.45) is 7.07. The Bertz CT molecular complexity index is 244. The predicted molar refractivity (Wildman–Crippen MR) is 50.9 cm³/mol. The summed E-state index contributed by atoms with van der Waals surface area (Å²) in [4.78, 5) is 10.4. The zero-order chi connectivity index (χ0) is 9.19. The average Bonchev–Trinajstić information content (AvgIpc) is 1.97. The molecule has 1 nitrogen and oxygen atoms in total. The maximum atomic E-state index is 10.4. The molecule has 12 heavy (non-hydrogen) atoms. The van der Waals surface area contributed by atoms with Gasteiger partial charge in [0.15, 0.2) is 0 Å². The van der Waals surface area contributed by atoms with E-state index in [0.29, 0.717) is 0 Å². The largest absolute Gasteiger partial charge is 0.299 e. The lowest BCUT2D eigenvalue weighted by molar-refractivity contribution is -0.104. The smallest absolute Gasteiger partial charge is 0.143 e. The van der Waals surface area contributed by atoms with Gasteiger partial charge in [0.1, 0.15) is 6.29 Å². The molecule has 0 aromatic heterocycles. The van der Waals surface area contributed by atoms with E-state index in [4.69, 9.17) is 0 Å². The Labute approximate surface area is 74.2 Å². The Morgan fingerprint density at radius 2 is 2.17 bits per heavy atom. The van der Waals surface area contributed by atoms with Crippen LogP contribution in [0.1, 0.15) is 33.6 Å². The number of carbonyl (C=O) groups excluding carboxylic acids is 1. The van der Waals surface area contributed by atoms with Gasteiger partial charge >= 0.3 is 0 Å². The summed E-state index contributed by atoms with van der Waals surface area (Å²) in [5.41, 5.74) is 2.64. The summed E-state index contributed by atoms with van der Waals surface area (Å²) in [6.45, 7) is 6.47. The molecule has 0 unspecified atom stereocenters. The highest BCUT2D eigenvalue weighted by Gasteiger charge is 2.26. The van der Waals surface area contributed by atoms with Gasteiger partial charge in [-0.2, -0.15) is 0 Å². The zero-order valence-corrected chi connectivity index (χ0v) is 8.05. The fourth-order valence-electron chi connectivity index (χ4n) is 1.85. The van der Waals surface area contributed by atoms with Gasteiger partial charge < -0.3 is 0 Å². The highest BCUT2D eigenvalue weighted by molar-refractivity contribution is 5.69. The van der Waals surface area contributed by atoms with Crippen LogP contribution in [0.15, 0.2) is 23.3 Å². The van der Waals surface area contributed by atoms with Crippen molar-refractivity contribution in [3.05, 3.63) is 23.3 Å². The van der Waals surface area contributed by atoms with Gasteiger partial charge in [-0.1, -0.05) is 25.5 Å². The first kappa shape index (κ1) is 9.24. The first-order valence-corrected chi connectivity index (χ1v) is 4.41. The molecule has 1 aliphatic rings. The van der Waals surface area contributed by atoms with E-state index in [-0.39, 0.29) is 5.41 Å². The van der Waals surface area contributed by atoms with E-state index in [1.54, 1.807) is 6.08 Å². The SMILES string of the molecule is CC1=CCCC(C)(C)/C1=C\C=O. The topological polar surface area (TPSA) is 17.1 Å². The fraction of sp³-hybridized carbons (Fsp3) is 0.545. The molecule has 1 rings (SSSR count). The van der Waals surface area contributed by atoms with Crippen LogP contribution in [0.4, 0.5) is 0 Å². The van der Waals surface area contributed by atoms with Crippen molar-refractivity contribution in [2.75, 3.05) is 0 Å². The fourth-order valence-corrected chi connectivity index (χ4v) is 1.85. The molecule has 0 saturated carbocycles. The molecule has 0 saturated heterocycles. The number of rotatable bonds is 1. The van der Waals surface area contributed by atoms with Gasteiger partial charge in [0, 0.05) is 0 Å². The lowest BCUT2D eigenvalue weighted by Crippen LogP contribution is -2.18. The van der Waals surface area contributed by atoms with Crippen molar-refractivity contribution < 1.29 is 4.79 Å². The summed E-state index contributed by atoms with van der Waals surface area (Å²) < 4.78 is 0. The van der Waals surface area contributed by atoms with E-state index in [1.807, 2.05) is 0 Å². The summed E-state index contributed by atoms with van der Waals surface area (Å²) in [7, 11) is 0. The van der Waals surface area contributed by atoms with Crippen LogP contribution in [0.2, 0.25) is 0 Å². The average molecular weight is 164 g/mol. The van der Waals surface area contributed by atoms with Crippen LogP contribution >= 0.6 is 0 Å². The Balaban J connectivity index is 3.04. The third-order valence-corrected chi connectivity index (χ3v) is 2.61. The number of hydrogen-bond acceptors (Lipinski definition) is 1. The van der Waals surface area contributed by atoms with Crippen molar-refractivity contribution in [2.45, 2.75) is 33.6 Å². The summed E-state index contributed by atoms with van der Waals surface area (Å²) in [5, 5.41) is 0. The number of aldehydes is 1. The third-order valence-electron chi connectivity index (χ3n) is 2.61. The van der Waals surface area contributed by atoms with Crippen LogP contribution < -0.4 is 0 Å². The van der Waals surface area contributed by atoms with Crippen LogP contribution in [-0.4, -0.2) is 6.29 Å². The second-order valence-electron chi connectivity index (χ2n) is 4.03. The van der Waals surface area contributed by atoms with Crippen molar-refractivity contribution in [1.29, 1.82) is 0 Å². The molecular weight excluding hydrogens is 148 g/mol. The van der Waals surface area contributed by atoms with Gasteiger partial charge in [-0.25, -0.2) is 0 Å². The van der Waals surface area contributed by atoms with E-state index >= 15 is 0 Å². The van der Waals surface area contributed by atoms with Crippen LogP contribution in [0, 0.1) is 5.41 Å². The summed E-state index contributed by atoms with van der Waals surface area (Å²) in [6, 6.07) is 0. The van der Waals surface area contributed by atoms with Crippen molar-refractivity contribution in [3.8, 4) is 0 Å². The molecule has 0 atom stereocenters. The Hall–Kier alpha value is -0.850. The minimum Gasteiger partial charge on any atom is -0.299 e. The molecule has 0 heterocycles. The van der Waals surface area contributed by atoms with E-state index in [9.17, 15) is 4.79 Å². The normalized spacial score (nSPS) is 25.2. The maximum absolute atomic E-state index is 10.4. The standard InChI is InChI=1S/C11H16O/c1-9-5-4-7-11(2,3)10(9)6-8-12/h5-6,8H,4,7H2,1-3H3/b10-6-. The molecule has 0 spiro atoms. The zero-order valence-electron chi connectivity index (χ0n) is 8.05. The first-order valence-electron chi connectivity index (χ1n) is 4.41. The van der Waals surface area contributed by atoms with Gasteiger partial charge in [-0.3, -0.25) is 4.79 Å². The molecule has 66 valence electrons. The molecule has 1 aliphatic carbocycles. The van der Waals surface area contributed by atoms with Crippen LogP contribution in [0.25, 0.3) is 0 Å². The van der Waals surface area contributed by atoms with E-state index < -0.39 is 0 Å². The van der Waals surface area contributed by atoms with Crippen molar-refractivity contribution >= 4 is 6.29 Å². The van der Waals surface area contributed by atoms with E-state index in [0.717, 1.165) is 19.1 Å². The van der Waals surface area contributed by atoms with Crippen LogP contribution in [0.3, 0.4) is 0 Å². The number of allylic oxidation sites excluding steroid dienone is 4. The Morgan fingerprint density at radius 1 is 1.50 bits per heavy atom. The van der Waals surface area contributed by atoms with Crippen LogP contribution in [-0.2, 0) is 4.79 Å². The lowest BCUT2D eigenvalue weighted by Gasteiger charge is -2.31. The Morgan fingerprint density at radius 3 is 2.67 bits per heavy atom. The molecule has 0 amide bonds. The summed E-state index contributed by atoms with van der Waals surface area (Å²) in [5.74, 6) is 0. The Kier molecular flexibility index (Phi) is 2.51. The van der Waals surface area contributed by atoms with Gasteiger partial charge in [-0.05, 0) is 36.8 Å². The molecule has 0 bridgehead atoms. The molecule has 0 radical (unpaired) electrons. The molecule has 0 aromatic carbocycles. The van der Waals surface area contributed by atoms with Gasteiger partial charge in [0.25, 0.3) is 0 Å². The second kappa shape index (κ2) is 3.26. The number of hydrogen-bond donors (Lipinski definition) is 0. The van der Waals surface area contributed by atoms with E-state index in [1.165, 1.54) is 11.1 Å². The quantitative estimate of drug-likeness (QED) is 0.430. The molecule has 1 heteroatoms. The molecular formula is C11H16O. The second-order valence-corrected chi connectivity index (χ2v) is 4.03. The third kappa shape index (κ3) is 1.66. The predicted octanol–water partition coefficient (Wildman–Crippen LogP) is 2.88. The van der Waals surface area contributed by atoms with Gasteiger partial charge in [0.05, 0.1) is 0 Å².